The van der Waals surface area contributed by atoms with E-state index in [2.05, 4.69) is 29.2 Å². The summed E-state index contributed by atoms with van der Waals surface area (Å²) in [6, 6.07) is 3.39. The first-order valence-corrected chi connectivity index (χ1v) is 5.37. The van der Waals surface area contributed by atoms with E-state index in [1.807, 2.05) is 0 Å². The molecule has 15 heavy (non-hydrogen) atoms. The van der Waals surface area contributed by atoms with Crippen molar-refractivity contribution in [3.63, 3.8) is 0 Å². The lowest BCUT2D eigenvalue weighted by atomic mass is 10.2. The summed E-state index contributed by atoms with van der Waals surface area (Å²) < 4.78 is 11.4. The molecule has 0 unspecified atom stereocenters. The second-order valence-corrected chi connectivity index (χ2v) is 3.91. The van der Waals surface area contributed by atoms with Gasteiger partial charge in [-0.2, -0.15) is 0 Å². The van der Waals surface area contributed by atoms with Crippen molar-refractivity contribution in [2.75, 3.05) is 13.7 Å². The summed E-state index contributed by atoms with van der Waals surface area (Å²) in [5.74, 6) is 1.20. The topological polar surface area (TPSA) is 35.5 Å². The molecule has 0 atom stereocenters. The lowest BCUT2D eigenvalue weighted by Crippen LogP contribution is -1.99. The molecule has 0 fully saturated rings. The van der Waals surface area contributed by atoms with E-state index in [1.165, 1.54) is 0 Å². The number of carbonyl (C=O) groups is 1. The number of benzene rings is 1. The quantitative estimate of drug-likeness (QED) is 0.476. The van der Waals surface area contributed by atoms with Crippen molar-refractivity contribution in [2.45, 2.75) is 0 Å². The highest BCUT2D eigenvalue weighted by Gasteiger charge is 2.10. The van der Waals surface area contributed by atoms with Gasteiger partial charge in [0.15, 0.2) is 11.5 Å². The maximum atomic E-state index is 10.6. The van der Waals surface area contributed by atoms with Gasteiger partial charge in [0.25, 0.3) is 0 Å². The highest BCUT2D eigenvalue weighted by molar-refractivity contribution is 14.1. The van der Waals surface area contributed by atoms with Crippen molar-refractivity contribution in [2.24, 2.45) is 0 Å². The summed E-state index contributed by atoms with van der Waals surface area (Å²) in [6.45, 7) is 3.98. The highest BCUT2D eigenvalue weighted by Crippen LogP contribution is 2.33. The van der Waals surface area contributed by atoms with Crippen molar-refractivity contribution in [1.82, 2.24) is 0 Å². The van der Waals surface area contributed by atoms with Gasteiger partial charge in [-0.25, -0.2) is 0 Å². The number of methoxy groups -OCH3 is 1. The Labute approximate surface area is 102 Å². The van der Waals surface area contributed by atoms with Crippen LogP contribution in [0.25, 0.3) is 0 Å². The van der Waals surface area contributed by atoms with Gasteiger partial charge in [-0.05, 0) is 34.7 Å². The van der Waals surface area contributed by atoms with Crippen molar-refractivity contribution in [1.29, 1.82) is 0 Å². The van der Waals surface area contributed by atoms with Gasteiger partial charge < -0.3 is 9.47 Å². The van der Waals surface area contributed by atoms with E-state index in [9.17, 15) is 4.79 Å². The molecule has 0 saturated carbocycles. The normalized spacial score (nSPS) is 9.47. The Balaban J connectivity index is 3.11. The predicted molar refractivity (Wildman–Crippen MR) is 66.8 cm³/mol. The van der Waals surface area contributed by atoms with E-state index in [0.717, 1.165) is 9.86 Å². The van der Waals surface area contributed by atoms with Crippen molar-refractivity contribution in [3.8, 4) is 11.5 Å². The van der Waals surface area contributed by atoms with Gasteiger partial charge in [0.1, 0.15) is 12.9 Å². The fourth-order valence-corrected chi connectivity index (χ4v) is 1.87. The Morgan fingerprint density at radius 2 is 2.27 bits per heavy atom. The third-order valence-electron chi connectivity index (χ3n) is 1.73. The fourth-order valence-electron chi connectivity index (χ4n) is 1.09. The molecule has 0 amide bonds. The molecular weight excluding hydrogens is 307 g/mol. The second-order valence-electron chi connectivity index (χ2n) is 2.75. The minimum absolute atomic E-state index is 0.410. The van der Waals surface area contributed by atoms with Gasteiger partial charge in [-0.3, -0.25) is 4.79 Å². The number of aldehydes is 1. The molecule has 0 radical (unpaired) electrons. The first-order valence-electron chi connectivity index (χ1n) is 4.29. The maximum absolute atomic E-state index is 10.6. The van der Waals surface area contributed by atoms with Crippen LogP contribution in [0, 0.1) is 3.57 Å². The van der Waals surface area contributed by atoms with Gasteiger partial charge in [0.05, 0.1) is 10.7 Å². The summed E-state index contributed by atoms with van der Waals surface area (Å²) in [4.78, 5) is 10.6. The molecule has 0 aliphatic heterocycles. The molecular formula is C11H11IO3. The van der Waals surface area contributed by atoms with Crippen LogP contribution in [0.4, 0.5) is 0 Å². The Bertz CT molecular complexity index is 374. The molecule has 0 aliphatic rings. The van der Waals surface area contributed by atoms with Gasteiger partial charge in [0, 0.05) is 5.56 Å². The molecule has 1 aromatic carbocycles. The number of hydrogen-bond acceptors (Lipinski definition) is 3. The third kappa shape index (κ3) is 2.95. The van der Waals surface area contributed by atoms with Gasteiger partial charge in [-0.15, -0.1) is 0 Å². The highest BCUT2D eigenvalue weighted by atomic mass is 127. The van der Waals surface area contributed by atoms with Crippen LogP contribution in [0.1, 0.15) is 10.4 Å². The number of carbonyl (C=O) groups excluding carboxylic acids is 1. The first-order chi connectivity index (χ1) is 7.22. The molecule has 0 aliphatic carbocycles. The van der Waals surface area contributed by atoms with Crippen LogP contribution in [0.15, 0.2) is 24.8 Å². The summed E-state index contributed by atoms with van der Waals surface area (Å²) in [7, 11) is 1.54. The van der Waals surface area contributed by atoms with E-state index in [4.69, 9.17) is 9.47 Å². The van der Waals surface area contributed by atoms with Crippen LogP contribution in [-0.2, 0) is 0 Å². The molecule has 0 aromatic heterocycles. The van der Waals surface area contributed by atoms with Crippen LogP contribution in [-0.4, -0.2) is 20.0 Å². The van der Waals surface area contributed by atoms with Crippen molar-refractivity contribution < 1.29 is 14.3 Å². The Hall–Kier alpha value is -1.04. The second kappa shape index (κ2) is 5.75. The molecule has 0 N–H and O–H groups in total. The number of halogens is 1. The van der Waals surface area contributed by atoms with E-state index < -0.39 is 0 Å². The predicted octanol–water partition coefficient (Wildman–Crippen LogP) is 2.68. The molecule has 0 saturated heterocycles. The summed E-state index contributed by atoms with van der Waals surface area (Å²) in [6.07, 6.45) is 2.44. The van der Waals surface area contributed by atoms with E-state index >= 15 is 0 Å². The van der Waals surface area contributed by atoms with Gasteiger partial charge >= 0.3 is 0 Å². The summed E-state index contributed by atoms with van der Waals surface area (Å²) >= 11 is 2.10. The minimum Gasteiger partial charge on any atom is -0.493 e. The molecule has 1 aromatic rings. The van der Waals surface area contributed by atoms with Crippen molar-refractivity contribution in [3.05, 3.63) is 33.9 Å². The largest absolute Gasteiger partial charge is 0.493 e. The molecule has 4 heteroatoms. The molecule has 3 nitrogen and oxygen atoms in total. The molecule has 1 rings (SSSR count). The molecule has 80 valence electrons. The number of rotatable bonds is 5. The fraction of sp³-hybridized carbons (Fsp3) is 0.182. The van der Waals surface area contributed by atoms with Gasteiger partial charge in [0.2, 0.25) is 0 Å². The van der Waals surface area contributed by atoms with Crippen LogP contribution in [0.5, 0.6) is 11.5 Å². The summed E-state index contributed by atoms with van der Waals surface area (Å²) in [5.41, 5.74) is 0.571. The third-order valence-corrected chi connectivity index (χ3v) is 2.53. The molecule has 0 spiro atoms. The Morgan fingerprint density at radius 1 is 1.53 bits per heavy atom. The average molecular weight is 318 g/mol. The smallest absolute Gasteiger partial charge is 0.174 e. The monoisotopic (exact) mass is 318 g/mol. The molecule has 0 bridgehead atoms. The van der Waals surface area contributed by atoms with E-state index in [-0.39, 0.29) is 0 Å². The summed E-state index contributed by atoms with van der Waals surface area (Å²) in [5, 5.41) is 0. The first kappa shape index (κ1) is 12.0. The Morgan fingerprint density at radius 3 is 2.80 bits per heavy atom. The van der Waals surface area contributed by atoms with E-state index in [0.29, 0.717) is 23.7 Å². The van der Waals surface area contributed by atoms with E-state index in [1.54, 1.807) is 25.3 Å². The number of ether oxygens (including phenoxy) is 2. The lowest BCUT2D eigenvalue weighted by Gasteiger charge is -2.11. The van der Waals surface area contributed by atoms with Crippen LogP contribution in [0.2, 0.25) is 0 Å². The van der Waals surface area contributed by atoms with Crippen LogP contribution >= 0.6 is 22.6 Å². The SMILES string of the molecule is C=CCOc1c(I)cc(C=O)cc1OC. The number of hydrogen-bond donors (Lipinski definition) is 0. The van der Waals surface area contributed by atoms with Crippen LogP contribution in [0.3, 0.4) is 0 Å². The van der Waals surface area contributed by atoms with Crippen molar-refractivity contribution >= 4 is 28.9 Å². The minimum atomic E-state index is 0.410. The zero-order chi connectivity index (χ0) is 11.3. The zero-order valence-corrected chi connectivity index (χ0v) is 10.5. The van der Waals surface area contributed by atoms with Crippen LogP contribution < -0.4 is 9.47 Å². The average Bonchev–Trinajstić information content (AvgIpc) is 2.26. The Kier molecular flexibility index (Phi) is 4.61. The maximum Gasteiger partial charge on any atom is 0.174 e. The van der Waals surface area contributed by atoms with Gasteiger partial charge in [-0.1, -0.05) is 12.7 Å². The zero-order valence-electron chi connectivity index (χ0n) is 8.33. The lowest BCUT2D eigenvalue weighted by molar-refractivity contribution is 0.112. The molecule has 0 heterocycles. The standard InChI is InChI=1S/C11H11IO3/c1-3-4-15-11-9(12)5-8(7-13)6-10(11)14-2/h3,5-7H,1,4H2,2H3.